The second-order valence-corrected chi connectivity index (χ2v) is 14.8. The Kier molecular flexibility index (Phi) is 7.92. The lowest BCUT2D eigenvalue weighted by Crippen LogP contribution is -2.53. The number of hydrogen-bond acceptors (Lipinski definition) is 6. The van der Waals surface area contributed by atoms with Crippen molar-refractivity contribution in [2.75, 3.05) is 13.2 Å². The standard InChI is InChI=1S/C32H50N2O6/c1-29(2)18-20(11-15-39-29)26(17-28(36)37)33-27(35)19-40-34-22-8-12-30(3)21(16-22)6-7-23-24(30)9-13-31(4)25(23)10-14-32(31,5)38/h16,20,23-26,38H,6-15,17-19H2,1-5H3,(H,33,35)(H,36,37)/b34-22-/t20-,23+,24-,25-,26-,30-,31-,32-/m0/s1. The number of ether oxygens (including phenoxy) is 1. The molecule has 3 saturated carbocycles. The average molecular weight is 559 g/mol. The number of carbonyl (C=O) groups excluding carboxylic acids is 1. The molecule has 8 heteroatoms. The molecule has 224 valence electrons. The molecule has 1 heterocycles. The fourth-order valence-electron chi connectivity index (χ4n) is 9.45. The van der Waals surface area contributed by atoms with Crippen LogP contribution in [0, 0.1) is 34.5 Å². The summed E-state index contributed by atoms with van der Waals surface area (Å²) in [7, 11) is 0. The zero-order valence-electron chi connectivity index (χ0n) is 25.1. The summed E-state index contributed by atoms with van der Waals surface area (Å²) in [5.41, 5.74) is 1.66. The van der Waals surface area contributed by atoms with E-state index >= 15 is 0 Å². The van der Waals surface area contributed by atoms with Gasteiger partial charge in [0, 0.05) is 12.6 Å². The fourth-order valence-corrected chi connectivity index (χ4v) is 9.45. The van der Waals surface area contributed by atoms with E-state index in [0.717, 1.165) is 50.7 Å². The van der Waals surface area contributed by atoms with E-state index in [9.17, 15) is 19.8 Å². The number of aliphatic carboxylic acids is 1. The van der Waals surface area contributed by atoms with Gasteiger partial charge in [0.25, 0.3) is 5.91 Å². The van der Waals surface area contributed by atoms with Gasteiger partial charge in [-0.2, -0.15) is 0 Å². The lowest BCUT2D eigenvalue weighted by molar-refractivity contribution is -0.139. The number of carbonyl (C=O) groups is 2. The summed E-state index contributed by atoms with van der Waals surface area (Å²) in [5.74, 6) is 0.699. The molecule has 3 N–H and O–H groups in total. The van der Waals surface area contributed by atoms with E-state index in [-0.39, 0.29) is 41.3 Å². The van der Waals surface area contributed by atoms with Gasteiger partial charge >= 0.3 is 5.97 Å². The molecule has 4 aliphatic carbocycles. The fraction of sp³-hybridized carbons (Fsp3) is 0.844. The lowest BCUT2D eigenvalue weighted by Gasteiger charge is -2.59. The highest BCUT2D eigenvalue weighted by atomic mass is 16.6. The summed E-state index contributed by atoms with van der Waals surface area (Å²) in [6.45, 7) is 11.2. The number of allylic oxidation sites excluding steroid dienone is 2. The second kappa shape index (κ2) is 10.7. The molecule has 0 aromatic heterocycles. The lowest BCUT2D eigenvalue weighted by atomic mass is 9.46. The Morgan fingerprint density at radius 1 is 1.07 bits per heavy atom. The van der Waals surface area contributed by atoms with Crippen LogP contribution in [0.5, 0.6) is 0 Å². The van der Waals surface area contributed by atoms with Crippen LogP contribution in [0.15, 0.2) is 16.8 Å². The second-order valence-electron chi connectivity index (χ2n) is 14.8. The van der Waals surface area contributed by atoms with Crippen LogP contribution in [0.1, 0.15) is 105 Å². The van der Waals surface area contributed by atoms with Crippen molar-refractivity contribution in [2.24, 2.45) is 39.7 Å². The maximum absolute atomic E-state index is 12.7. The van der Waals surface area contributed by atoms with Gasteiger partial charge in [0.15, 0.2) is 6.61 Å². The molecular formula is C32H50N2O6. The summed E-state index contributed by atoms with van der Waals surface area (Å²) in [6, 6.07) is -0.460. The van der Waals surface area contributed by atoms with E-state index in [2.05, 4.69) is 37.3 Å². The molecule has 8 atom stereocenters. The van der Waals surface area contributed by atoms with Crippen molar-refractivity contribution >= 4 is 17.6 Å². The summed E-state index contributed by atoms with van der Waals surface area (Å²) < 4.78 is 5.77. The third kappa shape index (κ3) is 5.47. The number of nitrogens with one attached hydrogen (secondary N) is 1. The quantitative estimate of drug-likeness (QED) is 0.368. The summed E-state index contributed by atoms with van der Waals surface area (Å²) >= 11 is 0. The zero-order valence-corrected chi connectivity index (χ0v) is 25.1. The third-order valence-electron chi connectivity index (χ3n) is 12.0. The highest BCUT2D eigenvalue weighted by Gasteiger charge is 2.62. The molecule has 5 aliphatic rings. The molecule has 0 bridgehead atoms. The van der Waals surface area contributed by atoms with Crippen molar-refractivity contribution in [3.05, 3.63) is 11.6 Å². The summed E-state index contributed by atoms with van der Waals surface area (Å²) in [4.78, 5) is 29.7. The minimum atomic E-state index is -0.928. The van der Waals surface area contributed by atoms with Crippen LogP contribution in [0.25, 0.3) is 0 Å². The Bertz CT molecular complexity index is 1070. The summed E-state index contributed by atoms with van der Waals surface area (Å²) in [5, 5.41) is 27.8. The minimum absolute atomic E-state index is 0.0336. The largest absolute Gasteiger partial charge is 0.481 e. The number of aliphatic hydroxyl groups is 1. The van der Waals surface area contributed by atoms with Crippen molar-refractivity contribution in [3.8, 4) is 0 Å². The monoisotopic (exact) mass is 558 g/mol. The van der Waals surface area contributed by atoms with E-state index < -0.39 is 17.6 Å². The van der Waals surface area contributed by atoms with Crippen molar-refractivity contribution < 1.29 is 29.4 Å². The van der Waals surface area contributed by atoms with Crippen LogP contribution in [-0.4, -0.2) is 58.3 Å². The van der Waals surface area contributed by atoms with E-state index in [1.54, 1.807) is 0 Å². The molecule has 0 radical (unpaired) electrons. The first-order chi connectivity index (χ1) is 18.7. The van der Waals surface area contributed by atoms with Crippen LogP contribution < -0.4 is 5.32 Å². The maximum Gasteiger partial charge on any atom is 0.305 e. The number of nitrogens with zero attached hydrogens (tertiary/aromatic N) is 1. The zero-order chi connectivity index (χ0) is 28.9. The van der Waals surface area contributed by atoms with Gasteiger partial charge < -0.3 is 25.1 Å². The third-order valence-corrected chi connectivity index (χ3v) is 12.0. The highest BCUT2D eigenvalue weighted by molar-refractivity contribution is 5.96. The first kappa shape index (κ1) is 29.6. The predicted molar refractivity (Wildman–Crippen MR) is 153 cm³/mol. The van der Waals surface area contributed by atoms with Gasteiger partial charge in [0.1, 0.15) is 0 Å². The first-order valence-corrected chi connectivity index (χ1v) is 15.5. The first-order valence-electron chi connectivity index (χ1n) is 15.5. The number of carboxylic acids is 1. The van der Waals surface area contributed by atoms with Gasteiger partial charge in [-0.25, -0.2) is 0 Å². The number of oxime groups is 1. The molecule has 1 amide bonds. The molecule has 0 aromatic carbocycles. The van der Waals surface area contributed by atoms with Gasteiger partial charge in [0.2, 0.25) is 0 Å². The van der Waals surface area contributed by atoms with Crippen LogP contribution in [0.3, 0.4) is 0 Å². The van der Waals surface area contributed by atoms with E-state index in [1.165, 1.54) is 18.4 Å². The van der Waals surface area contributed by atoms with Crippen LogP contribution in [0.2, 0.25) is 0 Å². The van der Waals surface area contributed by atoms with Crippen molar-refractivity contribution in [2.45, 2.75) is 122 Å². The van der Waals surface area contributed by atoms with Crippen molar-refractivity contribution in [1.29, 1.82) is 0 Å². The van der Waals surface area contributed by atoms with Crippen molar-refractivity contribution in [3.63, 3.8) is 0 Å². The Labute approximate surface area is 239 Å². The van der Waals surface area contributed by atoms with E-state index in [1.807, 2.05) is 13.8 Å². The molecule has 40 heavy (non-hydrogen) atoms. The molecule has 1 saturated heterocycles. The van der Waals surface area contributed by atoms with E-state index in [4.69, 9.17) is 9.57 Å². The topological polar surface area (TPSA) is 117 Å². The normalized spacial score (nSPS) is 42.1. The van der Waals surface area contributed by atoms with Gasteiger partial charge in [-0.05, 0) is 126 Å². The number of rotatable bonds is 7. The van der Waals surface area contributed by atoms with Crippen LogP contribution >= 0.6 is 0 Å². The number of fused-ring (bicyclic) bond motifs is 5. The molecule has 0 aromatic rings. The van der Waals surface area contributed by atoms with Gasteiger partial charge in [-0.15, -0.1) is 0 Å². The van der Waals surface area contributed by atoms with Gasteiger partial charge in [0.05, 0.1) is 23.3 Å². The smallest absolute Gasteiger partial charge is 0.305 e. The molecule has 0 spiro atoms. The Morgan fingerprint density at radius 3 is 2.55 bits per heavy atom. The minimum Gasteiger partial charge on any atom is -0.481 e. The maximum atomic E-state index is 12.7. The molecule has 4 fully saturated rings. The number of amides is 1. The number of hydrogen-bond donors (Lipinski definition) is 3. The predicted octanol–water partition coefficient (Wildman–Crippen LogP) is 5.24. The molecular weight excluding hydrogens is 508 g/mol. The highest BCUT2D eigenvalue weighted by Crippen LogP contribution is 2.67. The van der Waals surface area contributed by atoms with Crippen molar-refractivity contribution in [1.82, 2.24) is 5.32 Å². The molecule has 1 aliphatic heterocycles. The Hall–Kier alpha value is -1.93. The Morgan fingerprint density at radius 2 is 1.82 bits per heavy atom. The Balaban J connectivity index is 1.19. The van der Waals surface area contributed by atoms with Crippen LogP contribution in [0.4, 0.5) is 0 Å². The SMILES string of the molecule is CC1(C)C[C@@H]([C@H](CC(=O)O)NC(=O)CO/N=C2\C=C3CC[C@@H]4[C@H](CC[C@@]5(C)[C@H]4CC[C@]5(C)O)[C@@]3(C)CC2)CCO1. The summed E-state index contributed by atoms with van der Waals surface area (Å²) in [6.07, 6.45) is 11.9. The average Bonchev–Trinajstić information content (AvgIpc) is 3.11. The van der Waals surface area contributed by atoms with Crippen LogP contribution in [-0.2, 0) is 19.2 Å². The van der Waals surface area contributed by atoms with Gasteiger partial charge in [-0.1, -0.05) is 24.6 Å². The molecule has 0 unspecified atom stereocenters. The molecule has 5 rings (SSSR count). The van der Waals surface area contributed by atoms with E-state index in [0.29, 0.717) is 30.8 Å². The number of carboxylic acid groups (broad SMARTS) is 1. The molecule has 8 nitrogen and oxygen atoms in total. The van der Waals surface area contributed by atoms with Gasteiger partial charge in [-0.3, -0.25) is 9.59 Å².